The molecular weight excluding hydrogens is 340 g/mol. The summed E-state index contributed by atoms with van der Waals surface area (Å²) in [6, 6.07) is 21.1. The molecule has 0 N–H and O–H groups in total. The standard InChI is InChI=1S/C19H13BrO2/c20-18-8-4-7-15-13-16(10-11-17(15)18)22-19(21)12-9-14-5-2-1-3-6-14/h1-13H. The van der Waals surface area contributed by atoms with Crippen LogP contribution in [0.3, 0.4) is 0 Å². The summed E-state index contributed by atoms with van der Waals surface area (Å²) in [4.78, 5) is 11.9. The predicted molar refractivity (Wildman–Crippen MR) is 92.8 cm³/mol. The SMILES string of the molecule is O=C(C=Cc1ccccc1)Oc1ccc2c(Br)cccc2c1. The summed E-state index contributed by atoms with van der Waals surface area (Å²) in [7, 11) is 0. The van der Waals surface area contributed by atoms with Gasteiger partial charge in [-0.2, -0.15) is 0 Å². The molecule has 0 heterocycles. The molecule has 0 fully saturated rings. The minimum Gasteiger partial charge on any atom is -0.423 e. The van der Waals surface area contributed by atoms with Crippen LogP contribution in [0.4, 0.5) is 0 Å². The van der Waals surface area contributed by atoms with Crippen LogP contribution >= 0.6 is 15.9 Å². The maximum Gasteiger partial charge on any atom is 0.336 e. The summed E-state index contributed by atoms with van der Waals surface area (Å²) in [6.45, 7) is 0. The molecule has 3 rings (SSSR count). The first-order valence-electron chi connectivity index (χ1n) is 6.85. The van der Waals surface area contributed by atoms with Crippen LogP contribution in [0.5, 0.6) is 5.75 Å². The Morgan fingerprint density at radius 3 is 2.59 bits per heavy atom. The molecule has 0 radical (unpaired) electrons. The van der Waals surface area contributed by atoms with E-state index in [2.05, 4.69) is 15.9 Å². The van der Waals surface area contributed by atoms with Crippen molar-refractivity contribution in [2.24, 2.45) is 0 Å². The van der Waals surface area contributed by atoms with Crippen molar-refractivity contribution < 1.29 is 9.53 Å². The van der Waals surface area contributed by atoms with E-state index in [1.807, 2.05) is 60.7 Å². The smallest absolute Gasteiger partial charge is 0.336 e. The van der Waals surface area contributed by atoms with Crippen molar-refractivity contribution in [1.82, 2.24) is 0 Å². The normalized spacial score (nSPS) is 11.0. The molecule has 0 unspecified atom stereocenters. The van der Waals surface area contributed by atoms with Gasteiger partial charge in [-0.25, -0.2) is 4.79 Å². The van der Waals surface area contributed by atoms with Crippen molar-refractivity contribution in [1.29, 1.82) is 0 Å². The van der Waals surface area contributed by atoms with Crippen molar-refractivity contribution in [2.75, 3.05) is 0 Å². The first-order valence-corrected chi connectivity index (χ1v) is 7.65. The van der Waals surface area contributed by atoms with Gasteiger partial charge in [0.1, 0.15) is 5.75 Å². The first kappa shape index (κ1) is 14.5. The van der Waals surface area contributed by atoms with Crippen molar-refractivity contribution in [2.45, 2.75) is 0 Å². The molecular formula is C19H13BrO2. The number of ether oxygens (including phenoxy) is 1. The zero-order valence-corrected chi connectivity index (χ0v) is 13.3. The van der Waals surface area contributed by atoms with E-state index in [-0.39, 0.29) is 0 Å². The molecule has 2 nitrogen and oxygen atoms in total. The predicted octanol–water partition coefficient (Wildman–Crippen LogP) is 5.22. The van der Waals surface area contributed by atoms with E-state index in [1.165, 1.54) is 6.08 Å². The Morgan fingerprint density at radius 2 is 1.77 bits per heavy atom. The monoisotopic (exact) mass is 352 g/mol. The number of fused-ring (bicyclic) bond motifs is 1. The Labute approximate surface area is 137 Å². The molecule has 0 atom stereocenters. The fourth-order valence-corrected chi connectivity index (χ4v) is 2.68. The van der Waals surface area contributed by atoms with Gasteiger partial charge in [0.2, 0.25) is 0 Å². The molecule has 3 aromatic carbocycles. The molecule has 108 valence electrons. The maximum atomic E-state index is 11.9. The van der Waals surface area contributed by atoms with Crippen LogP contribution in [0.25, 0.3) is 16.8 Å². The molecule has 0 aliphatic carbocycles. The molecule has 0 aliphatic rings. The Bertz CT molecular complexity index is 838. The number of carbonyl (C=O) groups is 1. The van der Waals surface area contributed by atoms with Gasteiger partial charge in [-0.1, -0.05) is 58.4 Å². The molecule has 0 spiro atoms. The Balaban J connectivity index is 1.75. The highest BCUT2D eigenvalue weighted by Gasteiger charge is 2.03. The number of hydrogen-bond acceptors (Lipinski definition) is 2. The van der Waals surface area contributed by atoms with Gasteiger partial charge in [-0.05, 0) is 46.7 Å². The van der Waals surface area contributed by atoms with Crippen LogP contribution in [0.15, 0.2) is 77.3 Å². The number of hydrogen-bond donors (Lipinski definition) is 0. The summed E-state index contributed by atoms with van der Waals surface area (Å²) >= 11 is 3.50. The summed E-state index contributed by atoms with van der Waals surface area (Å²) in [5.74, 6) is 0.145. The van der Waals surface area contributed by atoms with Crippen LogP contribution in [0.2, 0.25) is 0 Å². The van der Waals surface area contributed by atoms with Gasteiger partial charge < -0.3 is 4.74 Å². The minimum absolute atomic E-state index is 0.391. The lowest BCUT2D eigenvalue weighted by Crippen LogP contribution is -2.03. The lowest BCUT2D eigenvalue weighted by atomic mass is 10.1. The topological polar surface area (TPSA) is 26.3 Å². The Kier molecular flexibility index (Phi) is 4.35. The van der Waals surface area contributed by atoms with Crippen molar-refractivity contribution in [3.63, 3.8) is 0 Å². The molecule has 0 saturated carbocycles. The lowest BCUT2D eigenvalue weighted by molar-refractivity contribution is -0.128. The highest BCUT2D eigenvalue weighted by atomic mass is 79.9. The van der Waals surface area contributed by atoms with Crippen molar-refractivity contribution in [3.8, 4) is 5.75 Å². The molecule has 0 aliphatic heterocycles. The third-order valence-electron chi connectivity index (χ3n) is 3.23. The third-order valence-corrected chi connectivity index (χ3v) is 3.92. The van der Waals surface area contributed by atoms with Crippen LogP contribution in [-0.2, 0) is 4.79 Å². The summed E-state index contributed by atoms with van der Waals surface area (Å²) in [5, 5.41) is 2.11. The zero-order chi connectivity index (χ0) is 15.4. The van der Waals surface area contributed by atoms with E-state index in [1.54, 1.807) is 12.1 Å². The van der Waals surface area contributed by atoms with Crippen LogP contribution < -0.4 is 4.74 Å². The zero-order valence-electron chi connectivity index (χ0n) is 11.7. The van der Waals surface area contributed by atoms with Crippen LogP contribution in [0, 0.1) is 0 Å². The van der Waals surface area contributed by atoms with Gasteiger partial charge in [0, 0.05) is 10.5 Å². The van der Waals surface area contributed by atoms with E-state index < -0.39 is 5.97 Å². The second-order valence-corrected chi connectivity index (χ2v) is 5.64. The van der Waals surface area contributed by atoms with Gasteiger partial charge >= 0.3 is 5.97 Å². The van der Waals surface area contributed by atoms with E-state index in [9.17, 15) is 4.79 Å². The lowest BCUT2D eigenvalue weighted by Gasteiger charge is -2.04. The number of esters is 1. The number of carbonyl (C=O) groups excluding carboxylic acids is 1. The third kappa shape index (κ3) is 3.43. The fourth-order valence-electron chi connectivity index (χ4n) is 2.16. The molecule has 0 amide bonds. The average molecular weight is 353 g/mol. The maximum absolute atomic E-state index is 11.9. The Morgan fingerprint density at radius 1 is 0.955 bits per heavy atom. The number of halogens is 1. The first-order chi connectivity index (χ1) is 10.7. The summed E-state index contributed by atoms with van der Waals surface area (Å²) in [6.07, 6.45) is 3.17. The molecule has 0 saturated heterocycles. The largest absolute Gasteiger partial charge is 0.423 e. The van der Waals surface area contributed by atoms with Crippen LogP contribution in [0.1, 0.15) is 5.56 Å². The highest BCUT2D eigenvalue weighted by molar-refractivity contribution is 9.10. The van der Waals surface area contributed by atoms with Gasteiger partial charge in [0.15, 0.2) is 0 Å². The molecule has 22 heavy (non-hydrogen) atoms. The van der Waals surface area contributed by atoms with Gasteiger partial charge in [-0.15, -0.1) is 0 Å². The second kappa shape index (κ2) is 6.58. The van der Waals surface area contributed by atoms with Crippen molar-refractivity contribution in [3.05, 3.63) is 82.8 Å². The minimum atomic E-state index is -0.391. The average Bonchev–Trinajstić information content (AvgIpc) is 2.54. The van der Waals surface area contributed by atoms with Gasteiger partial charge in [0.25, 0.3) is 0 Å². The second-order valence-electron chi connectivity index (χ2n) is 4.79. The molecule has 0 aromatic heterocycles. The van der Waals surface area contributed by atoms with Gasteiger partial charge in [0.05, 0.1) is 0 Å². The molecule has 0 bridgehead atoms. The number of benzene rings is 3. The van der Waals surface area contributed by atoms with E-state index in [0.717, 1.165) is 20.8 Å². The number of rotatable bonds is 3. The van der Waals surface area contributed by atoms with Crippen LogP contribution in [-0.4, -0.2) is 5.97 Å². The van der Waals surface area contributed by atoms with Gasteiger partial charge in [-0.3, -0.25) is 0 Å². The quantitative estimate of drug-likeness (QED) is 0.367. The molecule has 3 heteroatoms. The van der Waals surface area contributed by atoms with E-state index in [4.69, 9.17) is 4.74 Å². The summed E-state index contributed by atoms with van der Waals surface area (Å²) in [5.41, 5.74) is 0.960. The van der Waals surface area contributed by atoms with E-state index in [0.29, 0.717) is 5.75 Å². The Hall–Kier alpha value is -2.39. The molecule has 3 aromatic rings. The fraction of sp³-hybridized carbons (Fsp3) is 0. The summed E-state index contributed by atoms with van der Waals surface area (Å²) < 4.78 is 6.36. The van der Waals surface area contributed by atoms with E-state index >= 15 is 0 Å². The highest BCUT2D eigenvalue weighted by Crippen LogP contribution is 2.27. The van der Waals surface area contributed by atoms with Crippen molar-refractivity contribution >= 4 is 38.7 Å².